The molecule has 0 fully saturated rings. The molecule has 0 aliphatic rings. The first kappa shape index (κ1) is 14.3. The standard InChI is InChI=1S/C15H15ClN2O2/c1-2-13(20-14-8-4-3-7-12(14)16)15(19)18-11-6-5-9-17-10-11/h3-10,13H,2H2,1H3,(H,18,19)/t13-/m0/s1. The SMILES string of the molecule is CC[C@H](Oc1ccccc1Cl)C(=O)Nc1cccnc1. The van der Waals surface area contributed by atoms with Gasteiger partial charge >= 0.3 is 0 Å². The highest BCUT2D eigenvalue weighted by Crippen LogP contribution is 2.25. The summed E-state index contributed by atoms with van der Waals surface area (Å²) in [7, 11) is 0. The van der Waals surface area contributed by atoms with Gasteiger partial charge in [0.25, 0.3) is 5.91 Å². The van der Waals surface area contributed by atoms with E-state index in [1.807, 2.05) is 19.1 Å². The Labute approximate surface area is 122 Å². The molecule has 1 amide bonds. The molecule has 0 radical (unpaired) electrons. The third-order valence-electron chi connectivity index (χ3n) is 2.70. The largest absolute Gasteiger partial charge is 0.479 e. The molecule has 1 aromatic heterocycles. The zero-order valence-electron chi connectivity index (χ0n) is 11.0. The monoisotopic (exact) mass is 290 g/mol. The minimum Gasteiger partial charge on any atom is -0.479 e. The van der Waals surface area contributed by atoms with Gasteiger partial charge in [-0.2, -0.15) is 0 Å². The molecule has 0 unspecified atom stereocenters. The van der Waals surface area contributed by atoms with Crippen molar-refractivity contribution in [1.29, 1.82) is 0 Å². The number of pyridine rings is 1. The second-order valence-electron chi connectivity index (χ2n) is 4.18. The van der Waals surface area contributed by atoms with E-state index in [1.165, 1.54) is 0 Å². The maximum atomic E-state index is 12.2. The first-order chi connectivity index (χ1) is 9.70. The molecule has 0 aliphatic heterocycles. The molecule has 1 atom stereocenters. The Hall–Kier alpha value is -2.07. The Morgan fingerprint density at radius 2 is 2.15 bits per heavy atom. The zero-order chi connectivity index (χ0) is 14.4. The fourth-order valence-corrected chi connectivity index (χ4v) is 1.86. The fourth-order valence-electron chi connectivity index (χ4n) is 1.68. The Morgan fingerprint density at radius 1 is 1.35 bits per heavy atom. The van der Waals surface area contributed by atoms with Crippen molar-refractivity contribution in [2.75, 3.05) is 5.32 Å². The van der Waals surface area contributed by atoms with Crippen molar-refractivity contribution in [3.63, 3.8) is 0 Å². The number of carbonyl (C=O) groups is 1. The number of amides is 1. The number of aromatic nitrogens is 1. The van der Waals surface area contributed by atoms with Gasteiger partial charge in [0, 0.05) is 6.20 Å². The minimum absolute atomic E-state index is 0.222. The lowest BCUT2D eigenvalue weighted by Crippen LogP contribution is -2.32. The lowest BCUT2D eigenvalue weighted by Gasteiger charge is -2.17. The molecule has 2 rings (SSSR count). The van der Waals surface area contributed by atoms with E-state index in [0.717, 1.165) is 0 Å². The third-order valence-corrected chi connectivity index (χ3v) is 3.01. The molecule has 0 saturated heterocycles. The predicted molar refractivity (Wildman–Crippen MR) is 79.0 cm³/mol. The molecule has 1 aromatic carbocycles. The molecule has 104 valence electrons. The van der Waals surface area contributed by atoms with Crippen molar-refractivity contribution in [3.05, 3.63) is 53.8 Å². The third kappa shape index (κ3) is 3.71. The number of hydrogen-bond acceptors (Lipinski definition) is 3. The van der Waals surface area contributed by atoms with Gasteiger partial charge in [-0.3, -0.25) is 9.78 Å². The molecule has 5 heteroatoms. The van der Waals surface area contributed by atoms with Gasteiger partial charge < -0.3 is 10.1 Å². The lowest BCUT2D eigenvalue weighted by molar-refractivity contribution is -0.122. The van der Waals surface area contributed by atoms with E-state index < -0.39 is 6.10 Å². The maximum absolute atomic E-state index is 12.2. The van der Waals surface area contributed by atoms with Crippen LogP contribution in [0.5, 0.6) is 5.75 Å². The Kier molecular flexibility index (Phi) is 4.96. The maximum Gasteiger partial charge on any atom is 0.265 e. The predicted octanol–water partition coefficient (Wildman–Crippen LogP) is 3.53. The lowest BCUT2D eigenvalue weighted by atomic mass is 10.2. The van der Waals surface area contributed by atoms with E-state index in [9.17, 15) is 4.79 Å². The van der Waals surface area contributed by atoms with Crippen LogP contribution >= 0.6 is 11.6 Å². The minimum atomic E-state index is -0.602. The summed E-state index contributed by atoms with van der Waals surface area (Å²) in [4.78, 5) is 16.1. The number of rotatable bonds is 5. The van der Waals surface area contributed by atoms with Crippen molar-refractivity contribution in [2.24, 2.45) is 0 Å². The van der Waals surface area contributed by atoms with E-state index in [0.29, 0.717) is 22.9 Å². The first-order valence-electron chi connectivity index (χ1n) is 6.32. The topological polar surface area (TPSA) is 51.2 Å². The number of para-hydroxylation sites is 1. The van der Waals surface area contributed by atoms with Gasteiger partial charge in [-0.15, -0.1) is 0 Å². The molecule has 1 heterocycles. The van der Waals surface area contributed by atoms with E-state index in [2.05, 4.69) is 10.3 Å². The van der Waals surface area contributed by atoms with E-state index in [1.54, 1.807) is 36.7 Å². The number of halogens is 1. The van der Waals surface area contributed by atoms with Crippen molar-refractivity contribution in [1.82, 2.24) is 4.98 Å². The Morgan fingerprint density at radius 3 is 2.80 bits per heavy atom. The van der Waals surface area contributed by atoms with Crippen LogP contribution in [0.25, 0.3) is 0 Å². The van der Waals surface area contributed by atoms with Gasteiger partial charge in [-0.1, -0.05) is 30.7 Å². The van der Waals surface area contributed by atoms with Crippen molar-refractivity contribution < 1.29 is 9.53 Å². The Bertz CT molecular complexity index is 575. The van der Waals surface area contributed by atoms with Crippen LogP contribution in [0.1, 0.15) is 13.3 Å². The van der Waals surface area contributed by atoms with Gasteiger partial charge in [0.1, 0.15) is 5.75 Å². The summed E-state index contributed by atoms with van der Waals surface area (Å²) in [6.45, 7) is 1.88. The zero-order valence-corrected chi connectivity index (χ0v) is 11.8. The molecular formula is C15H15ClN2O2. The summed E-state index contributed by atoms with van der Waals surface area (Å²) in [5.74, 6) is 0.280. The first-order valence-corrected chi connectivity index (χ1v) is 6.70. The van der Waals surface area contributed by atoms with Gasteiger partial charge in [0.2, 0.25) is 0 Å². The molecule has 0 bridgehead atoms. The van der Waals surface area contributed by atoms with E-state index in [-0.39, 0.29) is 5.91 Å². The van der Waals surface area contributed by atoms with E-state index >= 15 is 0 Å². The van der Waals surface area contributed by atoms with Crippen LogP contribution in [0.3, 0.4) is 0 Å². The van der Waals surface area contributed by atoms with Crippen LogP contribution in [0.4, 0.5) is 5.69 Å². The van der Waals surface area contributed by atoms with Crippen LogP contribution < -0.4 is 10.1 Å². The fraction of sp³-hybridized carbons (Fsp3) is 0.200. The number of anilines is 1. The molecule has 1 N–H and O–H groups in total. The second-order valence-corrected chi connectivity index (χ2v) is 4.58. The van der Waals surface area contributed by atoms with Crippen LogP contribution in [-0.4, -0.2) is 17.0 Å². The summed E-state index contributed by atoms with van der Waals surface area (Å²) in [5, 5.41) is 3.25. The van der Waals surface area contributed by atoms with Crippen molar-refractivity contribution in [3.8, 4) is 5.75 Å². The second kappa shape index (κ2) is 6.91. The average molecular weight is 291 g/mol. The van der Waals surface area contributed by atoms with Crippen LogP contribution in [0.2, 0.25) is 5.02 Å². The Balaban J connectivity index is 2.05. The number of nitrogens with one attached hydrogen (secondary N) is 1. The summed E-state index contributed by atoms with van der Waals surface area (Å²) in [5.41, 5.74) is 0.638. The highest BCUT2D eigenvalue weighted by Gasteiger charge is 2.19. The number of carbonyl (C=O) groups excluding carboxylic acids is 1. The molecule has 20 heavy (non-hydrogen) atoms. The smallest absolute Gasteiger partial charge is 0.265 e. The molecule has 0 aliphatic carbocycles. The molecule has 2 aromatic rings. The number of hydrogen-bond donors (Lipinski definition) is 1. The summed E-state index contributed by atoms with van der Waals surface area (Å²) < 4.78 is 5.66. The summed E-state index contributed by atoms with van der Waals surface area (Å²) in [6, 6.07) is 10.6. The molecule has 0 saturated carbocycles. The molecule has 4 nitrogen and oxygen atoms in total. The van der Waals surface area contributed by atoms with Crippen molar-refractivity contribution >= 4 is 23.2 Å². The van der Waals surface area contributed by atoms with Gasteiger partial charge in [-0.05, 0) is 30.7 Å². The van der Waals surface area contributed by atoms with Gasteiger partial charge in [-0.25, -0.2) is 0 Å². The van der Waals surface area contributed by atoms with Crippen LogP contribution in [-0.2, 0) is 4.79 Å². The number of ether oxygens (including phenoxy) is 1. The molecular weight excluding hydrogens is 276 g/mol. The summed E-state index contributed by atoms with van der Waals surface area (Å²) >= 11 is 6.02. The van der Waals surface area contributed by atoms with E-state index in [4.69, 9.17) is 16.3 Å². The van der Waals surface area contributed by atoms with Crippen LogP contribution in [0, 0.1) is 0 Å². The highest BCUT2D eigenvalue weighted by atomic mass is 35.5. The van der Waals surface area contributed by atoms with Crippen molar-refractivity contribution in [2.45, 2.75) is 19.4 Å². The quantitative estimate of drug-likeness (QED) is 0.916. The average Bonchev–Trinajstić information content (AvgIpc) is 2.47. The van der Waals surface area contributed by atoms with Crippen LogP contribution in [0.15, 0.2) is 48.8 Å². The normalized spacial score (nSPS) is 11.7. The summed E-state index contributed by atoms with van der Waals surface area (Å²) in [6.07, 6.45) is 3.17. The number of benzene rings is 1. The molecule has 0 spiro atoms. The van der Waals surface area contributed by atoms with Gasteiger partial charge in [0.15, 0.2) is 6.10 Å². The van der Waals surface area contributed by atoms with Gasteiger partial charge in [0.05, 0.1) is 16.9 Å². The highest BCUT2D eigenvalue weighted by molar-refractivity contribution is 6.32. The number of nitrogens with zero attached hydrogens (tertiary/aromatic N) is 1.